The summed E-state index contributed by atoms with van der Waals surface area (Å²) in [5.74, 6) is 1.95. The number of carbonyl (C=O) groups excluding carboxylic acids is 1. The lowest BCUT2D eigenvalue weighted by atomic mass is 10.1. The monoisotopic (exact) mass is 364 g/mol. The van der Waals surface area contributed by atoms with Crippen LogP contribution in [0.5, 0.6) is 0 Å². The van der Waals surface area contributed by atoms with Crippen molar-refractivity contribution in [3.05, 3.63) is 71.0 Å². The van der Waals surface area contributed by atoms with Crippen molar-refractivity contribution in [2.45, 2.75) is 19.3 Å². The molecular formula is C19H16F4N2O. The van der Waals surface area contributed by atoms with Gasteiger partial charge in [-0.3, -0.25) is 0 Å². The van der Waals surface area contributed by atoms with Gasteiger partial charge >= 0.3 is 12.2 Å². The van der Waals surface area contributed by atoms with E-state index in [1.165, 1.54) is 41.3 Å². The average molecular weight is 364 g/mol. The molecule has 2 aromatic carbocycles. The largest absolute Gasteiger partial charge is 0.416 e. The lowest BCUT2D eigenvalue weighted by Gasteiger charge is -2.21. The fourth-order valence-electron chi connectivity index (χ4n) is 2.27. The molecule has 0 unspecified atom stereocenters. The Morgan fingerprint density at radius 1 is 1.12 bits per heavy atom. The molecule has 0 aliphatic rings. The second-order valence-corrected chi connectivity index (χ2v) is 5.54. The van der Waals surface area contributed by atoms with E-state index < -0.39 is 23.6 Å². The van der Waals surface area contributed by atoms with Gasteiger partial charge in [-0.2, -0.15) is 13.2 Å². The van der Waals surface area contributed by atoms with Gasteiger partial charge in [-0.25, -0.2) is 9.18 Å². The van der Waals surface area contributed by atoms with Crippen molar-refractivity contribution < 1.29 is 22.4 Å². The van der Waals surface area contributed by atoms with Crippen molar-refractivity contribution in [1.82, 2.24) is 10.2 Å². The number of alkyl halides is 3. The number of urea groups is 1. The number of nitrogens with zero attached hydrogens (tertiary/aromatic N) is 1. The molecule has 2 rings (SSSR count). The molecule has 0 fully saturated rings. The molecule has 0 spiro atoms. The van der Waals surface area contributed by atoms with Gasteiger partial charge in [-0.15, -0.1) is 6.42 Å². The van der Waals surface area contributed by atoms with E-state index in [0.29, 0.717) is 11.1 Å². The van der Waals surface area contributed by atoms with E-state index >= 15 is 0 Å². The molecule has 0 heterocycles. The van der Waals surface area contributed by atoms with Gasteiger partial charge in [0.05, 0.1) is 12.1 Å². The van der Waals surface area contributed by atoms with Crippen LogP contribution in [0.2, 0.25) is 0 Å². The van der Waals surface area contributed by atoms with E-state index in [-0.39, 0.29) is 19.6 Å². The maximum Gasteiger partial charge on any atom is 0.416 e. The predicted octanol–water partition coefficient (Wildman–Crippen LogP) is 4.19. The first-order valence-corrected chi connectivity index (χ1v) is 7.66. The number of rotatable bonds is 5. The molecule has 0 aromatic heterocycles. The van der Waals surface area contributed by atoms with Crippen molar-refractivity contribution >= 4 is 6.03 Å². The van der Waals surface area contributed by atoms with Crippen LogP contribution < -0.4 is 5.32 Å². The van der Waals surface area contributed by atoms with Gasteiger partial charge in [0.15, 0.2) is 0 Å². The van der Waals surface area contributed by atoms with Crippen LogP contribution in [0.3, 0.4) is 0 Å². The van der Waals surface area contributed by atoms with Crippen molar-refractivity contribution in [2.24, 2.45) is 0 Å². The topological polar surface area (TPSA) is 32.3 Å². The van der Waals surface area contributed by atoms with Gasteiger partial charge in [0, 0.05) is 13.1 Å². The number of terminal acetylenes is 1. The summed E-state index contributed by atoms with van der Waals surface area (Å²) >= 11 is 0. The van der Waals surface area contributed by atoms with Crippen molar-refractivity contribution in [3.63, 3.8) is 0 Å². The minimum absolute atomic E-state index is 0.00575. The Balaban J connectivity index is 2.01. The number of halogens is 4. The van der Waals surface area contributed by atoms with E-state index in [4.69, 9.17) is 6.42 Å². The smallest absolute Gasteiger partial charge is 0.334 e. The normalized spacial score (nSPS) is 10.9. The second kappa shape index (κ2) is 8.39. The van der Waals surface area contributed by atoms with E-state index in [1.54, 1.807) is 0 Å². The van der Waals surface area contributed by atoms with Crippen LogP contribution in [0.1, 0.15) is 16.7 Å². The highest BCUT2D eigenvalue weighted by Crippen LogP contribution is 2.29. The third kappa shape index (κ3) is 5.52. The van der Waals surface area contributed by atoms with Crippen LogP contribution in [0.15, 0.2) is 48.5 Å². The number of nitrogens with one attached hydrogen (secondary N) is 1. The minimum Gasteiger partial charge on any atom is -0.334 e. The average Bonchev–Trinajstić information content (AvgIpc) is 2.60. The fourth-order valence-corrected chi connectivity index (χ4v) is 2.27. The number of amides is 2. The molecule has 0 saturated carbocycles. The van der Waals surface area contributed by atoms with E-state index in [1.807, 2.05) is 0 Å². The SMILES string of the molecule is C#CCN(Cc1ccc(F)cc1)C(=O)NCc1cccc(C(F)(F)F)c1. The quantitative estimate of drug-likeness (QED) is 0.626. The molecule has 0 bridgehead atoms. The molecule has 7 heteroatoms. The molecule has 3 nitrogen and oxygen atoms in total. The molecule has 2 aromatic rings. The predicted molar refractivity (Wildman–Crippen MR) is 89.3 cm³/mol. The Morgan fingerprint density at radius 2 is 1.81 bits per heavy atom. The van der Waals surface area contributed by atoms with Gasteiger partial charge < -0.3 is 10.2 Å². The third-order valence-electron chi connectivity index (χ3n) is 3.55. The Bertz CT molecular complexity index is 794. The van der Waals surface area contributed by atoms with Crippen LogP contribution >= 0.6 is 0 Å². The summed E-state index contributed by atoms with van der Waals surface area (Å²) in [6.45, 7) is 0.0813. The molecule has 1 N–H and O–H groups in total. The zero-order valence-corrected chi connectivity index (χ0v) is 13.7. The van der Waals surface area contributed by atoms with Crippen molar-refractivity contribution in [2.75, 3.05) is 6.54 Å². The van der Waals surface area contributed by atoms with Crippen LogP contribution in [0.25, 0.3) is 0 Å². The van der Waals surface area contributed by atoms with Crippen LogP contribution in [0, 0.1) is 18.2 Å². The van der Waals surface area contributed by atoms with Crippen molar-refractivity contribution in [3.8, 4) is 12.3 Å². The number of hydrogen-bond donors (Lipinski definition) is 1. The highest BCUT2D eigenvalue weighted by atomic mass is 19.4. The van der Waals surface area contributed by atoms with E-state index in [2.05, 4.69) is 11.2 Å². The van der Waals surface area contributed by atoms with Gasteiger partial charge in [0.1, 0.15) is 5.82 Å². The fraction of sp³-hybridized carbons (Fsp3) is 0.211. The highest BCUT2D eigenvalue weighted by molar-refractivity contribution is 5.74. The summed E-state index contributed by atoms with van der Waals surface area (Å²) in [6.07, 6.45) is 0.817. The first-order valence-electron chi connectivity index (χ1n) is 7.66. The van der Waals surface area contributed by atoms with E-state index in [0.717, 1.165) is 12.1 Å². The lowest BCUT2D eigenvalue weighted by molar-refractivity contribution is -0.137. The first-order chi connectivity index (χ1) is 12.3. The minimum atomic E-state index is -4.45. The maximum absolute atomic E-state index is 13.0. The highest BCUT2D eigenvalue weighted by Gasteiger charge is 2.30. The van der Waals surface area contributed by atoms with Crippen LogP contribution in [0.4, 0.5) is 22.4 Å². The Morgan fingerprint density at radius 3 is 2.42 bits per heavy atom. The molecule has 0 aliphatic heterocycles. The van der Waals surface area contributed by atoms with Crippen LogP contribution in [-0.4, -0.2) is 17.5 Å². The van der Waals surface area contributed by atoms with Gasteiger partial charge in [-0.05, 0) is 35.4 Å². The molecule has 0 aliphatic carbocycles. The Labute approximate surface area is 148 Å². The summed E-state index contributed by atoms with van der Waals surface area (Å²) in [5.41, 5.74) is 0.211. The van der Waals surface area contributed by atoms with E-state index in [9.17, 15) is 22.4 Å². The second-order valence-electron chi connectivity index (χ2n) is 5.54. The molecule has 0 saturated heterocycles. The zero-order valence-electron chi connectivity index (χ0n) is 13.7. The summed E-state index contributed by atoms with van der Waals surface area (Å²) in [5, 5.41) is 2.54. The first kappa shape index (κ1) is 19.3. The molecule has 0 radical (unpaired) electrons. The summed E-state index contributed by atoms with van der Waals surface area (Å²) in [6, 6.07) is 9.77. The van der Waals surface area contributed by atoms with Crippen molar-refractivity contribution in [1.29, 1.82) is 0 Å². The molecule has 136 valence electrons. The lowest BCUT2D eigenvalue weighted by Crippen LogP contribution is -2.39. The summed E-state index contributed by atoms with van der Waals surface area (Å²) in [7, 11) is 0. The molecule has 26 heavy (non-hydrogen) atoms. The number of hydrogen-bond acceptors (Lipinski definition) is 1. The standard InChI is InChI=1S/C19H16F4N2O/c1-2-10-25(13-14-6-8-17(20)9-7-14)18(26)24-12-15-4-3-5-16(11-15)19(21,22)23/h1,3-9,11H,10,12-13H2,(H,24,26). The third-order valence-corrected chi connectivity index (χ3v) is 3.55. The van der Waals surface area contributed by atoms with Gasteiger partial charge in [-0.1, -0.05) is 30.2 Å². The number of carbonyl (C=O) groups is 1. The number of benzene rings is 2. The van der Waals surface area contributed by atoms with Crippen LogP contribution in [-0.2, 0) is 19.3 Å². The Kier molecular flexibility index (Phi) is 6.23. The zero-order chi connectivity index (χ0) is 19.2. The molecular weight excluding hydrogens is 348 g/mol. The molecule has 2 amide bonds. The maximum atomic E-state index is 13.0. The summed E-state index contributed by atoms with van der Waals surface area (Å²) < 4.78 is 51.1. The summed E-state index contributed by atoms with van der Waals surface area (Å²) in [4.78, 5) is 13.6. The van der Waals surface area contributed by atoms with Gasteiger partial charge in [0.2, 0.25) is 0 Å². The van der Waals surface area contributed by atoms with Gasteiger partial charge in [0.25, 0.3) is 0 Å². The molecule has 0 atom stereocenters. The Hall–Kier alpha value is -3.01.